The quantitative estimate of drug-likeness (QED) is 0.812. The lowest BCUT2D eigenvalue weighted by atomic mass is 10.2. The lowest BCUT2D eigenvalue weighted by molar-refractivity contribution is 0.158. The van der Waals surface area contributed by atoms with Crippen molar-refractivity contribution >= 4 is 0 Å². The molecule has 1 saturated heterocycles. The Morgan fingerprint density at radius 3 is 3.00 bits per heavy atom. The van der Waals surface area contributed by atoms with E-state index in [1.54, 1.807) is 13.3 Å². The third kappa shape index (κ3) is 2.42. The van der Waals surface area contributed by atoms with Crippen molar-refractivity contribution in [3.63, 3.8) is 0 Å². The molecule has 0 amide bonds. The summed E-state index contributed by atoms with van der Waals surface area (Å²) in [4.78, 5) is 2.25. The molecule has 1 aliphatic heterocycles. The minimum absolute atomic E-state index is 0.0589. The monoisotopic (exact) mass is 227 g/mol. The van der Waals surface area contributed by atoms with Crippen LogP contribution in [0.2, 0.25) is 0 Å². The summed E-state index contributed by atoms with van der Waals surface area (Å²) in [7, 11) is 1.69. The van der Waals surface area contributed by atoms with Crippen LogP contribution in [0.25, 0.3) is 0 Å². The molecule has 1 fully saturated rings. The molecule has 0 bridgehead atoms. The van der Waals surface area contributed by atoms with E-state index in [1.807, 2.05) is 4.57 Å². The third-order valence-electron chi connectivity index (χ3n) is 3.08. The summed E-state index contributed by atoms with van der Waals surface area (Å²) >= 11 is 0. The molecule has 0 radical (unpaired) electrons. The molecule has 0 aromatic carbocycles. The SMILES string of the molecule is COCCN1CC(n2ccc(F)c2)[C@H](N)C1. The molecule has 2 N–H and O–H groups in total. The van der Waals surface area contributed by atoms with Crippen LogP contribution in [0.4, 0.5) is 4.39 Å². The van der Waals surface area contributed by atoms with Gasteiger partial charge in [0.1, 0.15) is 5.82 Å². The lowest BCUT2D eigenvalue weighted by Crippen LogP contribution is -2.31. The summed E-state index contributed by atoms with van der Waals surface area (Å²) in [5.74, 6) is -0.206. The van der Waals surface area contributed by atoms with E-state index in [0.717, 1.165) is 19.6 Å². The Kier molecular flexibility index (Phi) is 3.58. The molecule has 1 unspecified atom stereocenters. The maximum absolute atomic E-state index is 12.9. The number of hydrogen-bond acceptors (Lipinski definition) is 3. The zero-order valence-electron chi connectivity index (χ0n) is 9.47. The first kappa shape index (κ1) is 11.6. The molecular formula is C11H18FN3O. The number of rotatable bonds is 4. The van der Waals surface area contributed by atoms with Crippen molar-refractivity contribution in [1.82, 2.24) is 9.47 Å². The highest BCUT2D eigenvalue weighted by Gasteiger charge is 2.30. The van der Waals surface area contributed by atoms with Crippen molar-refractivity contribution in [3.8, 4) is 0 Å². The number of halogens is 1. The van der Waals surface area contributed by atoms with E-state index >= 15 is 0 Å². The van der Waals surface area contributed by atoms with Crippen LogP contribution in [0.3, 0.4) is 0 Å². The van der Waals surface area contributed by atoms with Crippen molar-refractivity contribution in [2.75, 3.05) is 33.4 Å². The van der Waals surface area contributed by atoms with Crippen LogP contribution in [0.5, 0.6) is 0 Å². The van der Waals surface area contributed by atoms with Gasteiger partial charge in [-0.2, -0.15) is 0 Å². The molecule has 4 nitrogen and oxygen atoms in total. The first-order valence-corrected chi connectivity index (χ1v) is 5.50. The van der Waals surface area contributed by atoms with Gasteiger partial charge in [-0.1, -0.05) is 0 Å². The van der Waals surface area contributed by atoms with Gasteiger partial charge in [0.2, 0.25) is 0 Å². The number of aromatic nitrogens is 1. The zero-order chi connectivity index (χ0) is 11.5. The number of ether oxygens (including phenoxy) is 1. The average Bonchev–Trinajstić information content (AvgIpc) is 2.82. The van der Waals surface area contributed by atoms with E-state index in [9.17, 15) is 4.39 Å². The maximum atomic E-state index is 12.9. The fourth-order valence-corrected chi connectivity index (χ4v) is 2.20. The minimum atomic E-state index is -0.206. The lowest BCUT2D eigenvalue weighted by Gasteiger charge is -2.16. The summed E-state index contributed by atoms with van der Waals surface area (Å²) in [5.41, 5.74) is 6.06. The highest BCUT2D eigenvalue weighted by molar-refractivity contribution is 5.01. The second-order valence-corrected chi connectivity index (χ2v) is 4.26. The fourth-order valence-electron chi connectivity index (χ4n) is 2.20. The average molecular weight is 227 g/mol. The predicted octanol–water partition coefficient (Wildman–Crippen LogP) is 0.458. The molecule has 1 aromatic rings. The zero-order valence-corrected chi connectivity index (χ0v) is 9.47. The van der Waals surface area contributed by atoms with E-state index in [-0.39, 0.29) is 17.9 Å². The summed E-state index contributed by atoms with van der Waals surface area (Å²) in [5, 5.41) is 0. The number of nitrogens with two attached hydrogens (primary N) is 1. The van der Waals surface area contributed by atoms with Gasteiger partial charge in [-0.25, -0.2) is 4.39 Å². The Balaban J connectivity index is 1.97. The Hall–Kier alpha value is -0.910. The van der Waals surface area contributed by atoms with Crippen LogP contribution in [-0.2, 0) is 4.74 Å². The summed E-state index contributed by atoms with van der Waals surface area (Å²) in [6, 6.07) is 1.69. The van der Waals surface area contributed by atoms with Crippen LogP contribution >= 0.6 is 0 Å². The standard InChI is InChI=1S/C11H18FN3O/c1-16-5-4-14-7-10(13)11(8-14)15-3-2-9(12)6-15/h2-3,6,10-11H,4-5,7-8,13H2,1H3/t10-,11?/m1/s1. The van der Waals surface area contributed by atoms with Crippen molar-refractivity contribution in [1.29, 1.82) is 0 Å². The largest absolute Gasteiger partial charge is 0.383 e. The Morgan fingerprint density at radius 1 is 1.56 bits per heavy atom. The first-order chi connectivity index (χ1) is 7.70. The topological polar surface area (TPSA) is 43.4 Å². The minimum Gasteiger partial charge on any atom is -0.383 e. The Bertz CT molecular complexity index is 342. The van der Waals surface area contributed by atoms with Crippen molar-refractivity contribution in [2.45, 2.75) is 12.1 Å². The van der Waals surface area contributed by atoms with Gasteiger partial charge in [0.05, 0.1) is 12.6 Å². The molecule has 16 heavy (non-hydrogen) atoms. The summed E-state index contributed by atoms with van der Waals surface area (Å²) < 4.78 is 19.8. The number of likely N-dealkylation sites (tertiary alicyclic amines) is 1. The van der Waals surface area contributed by atoms with Crippen LogP contribution in [0.1, 0.15) is 6.04 Å². The normalized spacial score (nSPS) is 26.4. The van der Waals surface area contributed by atoms with E-state index < -0.39 is 0 Å². The molecule has 2 heterocycles. The molecule has 0 aliphatic carbocycles. The number of nitrogens with zero attached hydrogens (tertiary/aromatic N) is 2. The van der Waals surface area contributed by atoms with Crippen LogP contribution in [0, 0.1) is 5.82 Å². The van der Waals surface area contributed by atoms with Gasteiger partial charge >= 0.3 is 0 Å². The Labute approximate surface area is 94.8 Å². The van der Waals surface area contributed by atoms with Crippen LogP contribution in [0.15, 0.2) is 18.5 Å². The van der Waals surface area contributed by atoms with Crippen molar-refractivity contribution in [3.05, 3.63) is 24.3 Å². The van der Waals surface area contributed by atoms with E-state index in [1.165, 1.54) is 12.3 Å². The van der Waals surface area contributed by atoms with Gasteiger partial charge in [0.15, 0.2) is 0 Å². The molecule has 1 aliphatic rings. The molecule has 1 aromatic heterocycles. The smallest absolute Gasteiger partial charge is 0.140 e. The molecule has 0 saturated carbocycles. The second-order valence-electron chi connectivity index (χ2n) is 4.26. The van der Waals surface area contributed by atoms with Gasteiger partial charge in [-0.15, -0.1) is 0 Å². The van der Waals surface area contributed by atoms with Gasteiger partial charge in [-0.05, 0) is 6.07 Å². The number of hydrogen-bond donors (Lipinski definition) is 1. The summed E-state index contributed by atoms with van der Waals surface area (Å²) in [6.07, 6.45) is 3.25. The third-order valence-corrected chi connectivity index (χ3v) is 3.08. The highest BCUT2D eigenvalue weighted by atomic mass is 19.1. The van der Waals surface area contributed by atoms with Gasteiger partial charge in [0.25, 0.3) is 0 Å². The van der Waals surface area contributed by atoms with Gasteiger partial charge < -0.3 is 15.0 Å². The second kappa shape index (κ2) is 4.95. The van der Waals surface area contributed by atoms with Crippen molar-refractivity contribution < 1.29 is 9.13 Å². The predicted molar refractivity (Wildman–Crippen MR) is 59.7 cm³/mol. The van der Waals surface area contributed by atoms with E-state index in [0.29, 0.717) is 6.61 Å². The molecule has 2 atom stereocenters. The maximum Gasteiger partial charge on any atom is 0.140 e. The number of methoxy groups -OCH3 is 1. The van der Waals surface area contributed by atoms with Crippen molar-refractivity contribution in [2.24, 2.45) is 5.73 Å². The molecule has 2 rings (SSSR count). The molecule has 0 spiro atoms. The van der Waals surface area contributed by atoms with Gasteiger partial charge in [-0.3, -0.25) is 4.90 Å². The molecular weight excluding hydrogens is 209 g/mol. The van der Waals surface area contributed by atoms with Crippen LogP contribution < -0.4 is 5.73 Å². The van der Waals surface area contributed by atoms with E-state index in [4.69, 9.17) is 10.5 Å². The molecule has 5 heteroatoms. The van der Waals surface area contributed by atoms with E-state index in [2.05, 4.69) is 4.90 Å². The summed E-state index contributed by atoms with van der Waals surface area (Å²) in [6.45, 7) is 3.29. The highest BCUT2D eigenvalue weighted by Crippen LogP contribution is 2.21. The van der Waals surface area contributed by atoms with Gasteiger partial charge in [0, 0.05) is 45.2 Å². The molecule has 90 valence electrons. The first-order valence-electron chi connectivity index (χ1n) is 5.50. The Morgan fingerprint density at radius 2 is 2.38 bits per heavy atom. The fraction of sp³-hybridized carbons (Fsp3) is 0.636. The van der Waals surface area contributed by atoms with Crippen LogP contribution in [-0.4, -0.2) is 48.9 Å².